The second-order valence-corrected chi connectivity index (χ2v) is 8.32. The van der Waals surface area contributed by atoms with Crippen LogP contribution >= 0.6 is 11.6 Å². The minimum absolute atomic E-state index is 0.0377. The number of rotatable bonds is 17. The molecule has 0 fully saturated rings. The number of benzene rings is 1. The first-order valence-electron chi connectivity index (χ1n) is 11.4. The van der Waals surface area contributed by atoms with E-state index in [4.69, 9.17) is 21.4 Å². The highest BCUT2D eigenvalue weighted by atomic mass is 35.5. The molecule has 1 aromatic rings. The van der Waals surface area contributed by atoms with Crippen molar-refractivity contribution >= 4 is 29.3 Å². The van der Waals surface area contributed by atoms with Crippen LogP contribution in [0.4, 0.5) is 23.7 Å². The predicted molar refractivity (Wildman–Crippen MR) is 123 cm³/mol. The van der Waals surface area contributed by atoms with E-state index in [2.05, 4.69) is 10.6 Å². The molecule has 10 heteroatoms. The van der Waals surface area contributed by atoms with Crippen LogP contribution in [0.1, 0.15) is 76.2 Å². The van der Waals surface area contributed by atoms with Gasteiger partial charge in [0, 0.05) is 18.8 Å². The van der Waals surface area contributed by atoms with Crippen LogP contribution in [-0.4, -0.2) is 36.9 Å². The van der Waals surface area contributed by atoms with Crippen LogP contribution in [0, 0.1) is 0 Å². The number of hydrogen-bond acceptors (Lipinski definition) is 3. The Hall–Kier alpha value is -2.00. The Morgan fingerprint density at radius 1 is 0.909 bits per heavy atom. The van der Waals surface area contributed by atoms with Crippen LogP contribution in [0.25, 0.3) is 0 Å². The maximum absolute atomic E-state index is 12.9. The summed E-state index contributed by atoms with van der Waals surface area (Å²) in [7, 11) is 0. The van der Waals surface area contributed by atoms with E-state index in [1.165, 1.54) is 31.7 Å². The molecule has 0 bridgehead atoms. The largest absolute Gasteiger partial charge is 0.480 e. The highest BCUT2D eigenvalue weighted by molar-refractivity contribution is 6.31. The van der Waals surface area contributed by atoms with Gasteiger partial charge in [0.15, 0.2) is 0 Å². The predicted octanol–water partition coefficient (Wildman–Crippen LogP) is 6.87. The molecule has 0 spiro atoms. The molecule has 0 aliphatic carbocycles. The van der Waals surface area contributed by atoms with Gasteiger partial charge in [-0.2, -0.15) is 13.2 Å². The van der Waals surface area contributed by atoms with Gasteiger partial charge in [-0.1, -0.05) is 69.4 Å². The molecule has 0 aromatic heterocycles. The molecule has 3 N–H and O–H groups in total. The molecule has 188 valence electrons. The first-order chi connectivity index (χ1) is 15.7. The summed E-state index contributed by atoms with van der Waals surface area (Å²) in [5.74, 6) is -0.933. The number of amides is 2. The lowest BCUT2D eigenvalue weighted by Crippen LogP contribution is -2.29. The Morgan fingerprint density at radius 2 is 1.45 bits per heavy atom. The zero-order chi connectivity index (χ0) is 24.5. The fourth-order valence-electron chi connectivity index (χ4n) is 3.28. The second-order valence-electron chi connectivity index (χ2n) is 7.91. The number of carboxylic acids is 1. The zero-order valence-electron chi connectivity index (χ0n) is 18.8. The molecular formula is C23H34ClF3N2O4. The molecule has 0 heterocycles. The molecule has 0 unspecified atom stereocenters. The van der Waals surface area contributed by atoms with Crippen LogP contribution in [0.2, 0.25) is 5.02 Å². The van der Waals surface area contributed by atoms with Gasteiger partial charge in [-0.15, -0.1) is 0 Å². The van der Waals surface area contributed by atoms with E-state index in [0.717, 1.165) is 57.1 Å². The minimum atomic E-state index is -4.58. The molecule has 0 saturated heterocycles. The van der Waals surface area contributed by atoms with E-state index in [9.17, 15) is 22.8 Å². The first-order valence-corrected chi connectivity index (χ1v) is 11.8. The number of aliphatic carboxylic acids is 1. The van der Waals surface area contributed by atoms with Crippen molar-refractivity contribution in [3.05, 3.63) is 28.8 Å². The third-order valence-corrected chi connectivity index (χ3v) is 5.34. The number of carboxylic acid groups (broad SMARTS) is 1. The van der Waals surface area contributed by atoms with Gasteiger partial charge in [-0.3, -0.25) is 0 Å². The molecule has 1 rings (SSSR count). The summed E-state index contributed by atoms with van der Waals surface area (Å²) < 4.78 is 43.6. The number of alkyl halides is 3. The van der Waals surface area contributed by atoms with Gasteiger partial charge < -0.3 is 20.5 Å². The second kappa shape index (κ2) is 16.6. The number of halogens is 4. The number of carbonyl (C=O) groups is 2. The molecular weight excluding hydrogens is 461 g/mol. The molecule has 6 nitrogen and oxygen atoms in total. The average molecular weight is 495 g/mol. The van der Waals surface area contributed by atoms with Crippen molar-refractivity contribution in [3.63, 3.8) is 0 Å². The van der Waals surface area contributed by atoms with E-state index in [-0.39, 0.29) is 12.3 Å². The summed E-state index contributed by atoms with van der Waals surface area (Å²) in [6, 6.07) is 2.71. The molecule has 33 heavy (non-hydrogen) atoms. The number of hydrogen-bond donors (Lipinski definition) is 3. The quantitative estimate of drug-likeness (QED) is 0.206. The van der Waals surface area contributed by atoms with Gasteiger partial charge in [0.25, 0.3) is 0 Å². The number of anilines is 1. The van der Waals surface area contributed by atoms with Crippen LogP contribution in [0.3, 0.4) is 0 Å². The van der Waals surface area contributed by atoms with Gasteiger partial charge in [-0.25, -0.2) is 9.59 Å². The lowest BCUT2D eigenvalue weighted by Gasteiger charge is -2.12. The monoisotopic (exact) mass is 494 g/mol. The molecule has 0 atom stereocenters. The van der Waals surface area contributed by atoms with Crippen molar-refractivity contribution < 1.29 is 32.6 Å². The van der Waals surface area contributed by atoms with Crippen LogP contribution < -0.4 is 10.6 Å². The van der Waals surface area contributed by atoms with E-state index in [1.54, 1.807) is 0 Å². The van der Waals surface area contributed by atoms with E-state index < -0.39 is 28.8 Å². The minimum Gasteiger partial charge on any atom is -0.480 e. The van der Waals surface area contributed by atoms with Crippen LogP contribution in [0.15, 0.2) is 18.2 Å². The highest BCUT2D eigenvalue weighted by Crippen LogP contribution is 2.36. The summed E-state index contributed by atoms with van der Waals surface area (Å²) in [6.07, 6.45) is 7.26. The van der Waals surface area contributed by atoms with E-state index in [0.29, 0.717) is 13.2 Å². The normalized spacial score (nSPS) is 11.4. The molecule has 0 aliphatic heterocycles. The number of unbranched alkanes of at least 4 members (excludes halogenated alkanes) is 10. The van der Waals surface area contributed by atoms with E-state index >= 15 is 0 Å². The average Bonchev–Trinajstić information content (AvgIpc) is 2.73. The Balaban J connectivity index is 1.96. The Labute approximate surface area is 198 Å². The van der Waals surface area contributed by atoms with Gasteiger partial charge in [0.1, 0.15) is 6.61 Å². The Morgan fingerprint density at radius 3 is 2.00 bits per heavy atom. The topological polar surface area (TPSA) is 87.7 Å². The number of urea groups is 1. The molecule has 0 radical (unpaired) electrons. The maximum atomic E-state index is 12.9. The van der Waals surface area contributed by atoms with Crippen LogP contribution in [-0.2, 0) is 15.7 Å². The lowest BCUT2D eigenvalue weighted by molar-refractivity contribution is -0.142. The Kier molecular flexibility index (Phi) is 14.6. The molecule has 0 saturated carbocycles. The summed E-state index contributed by atoms with van der Waals surface area (Å²) in [5.41, 5.74) is -0.944. The SMILES string of the molecule is O=C(O)COCCCCCCCCCCCCCNC(=O)Nc1ccc(Cl)c(C(F)(F)F)c1. The van der Waals surface area contributed by atoms with E-state index in [1.807, 2.05) is 0 Å². The fraction of sp³-hybridized carbons (Fsp3) is 0.652. The van der Waals surface area contributed by atoms with Gasteiger partial charge in [0.2, 0.25) is 0 Å². The van der Waals surface area contributed by atoms with Gasteiger partial charge >= 0.3 is 18.2 Å². The van der Waals surface area contributed by atoms with Crippen molar-refractivity contribution in [3.8, 4) is 0 Å². The van der Waals surface area contributed by atoms with Crippen LogP contribution in [0.5, 0.6) is 0 Å². The van der Waals surface area contributed by atoms with Crippen molar-refractivity contribution in [2.24, 2.45) is 0 Å². The maximum Gasteiger partial charge on any atom is 0.417 e. The summed E-state index contributed by atoms with van der Waals surface area (Å²) >= 11 is 5.57. The van der Waals surface area contributed by atoms with Crippen molar-refractivity contribution in [2.45, 2.75) is 76.8 Å². The third-order valence-electron chi connectivity index (χ3n) is 5.01. The number of carbonyl (C=O) groups excluding carboxylic acids is 1. The first kappa shape index (κ1) is 29.0. The van der Waals surface area contributed by atoms with Crippen molar-refractivity contribution in [1.29, 1.82) is 0 Å². The molecule has 0 aliphatic rings. The highest BCUT2D eigenvalue weighted by Gasteiger charge is 2.33. The summed E-state index contributed by atoms with van der Waals surface area (Å²) in [6.45, 7) is 0.740. The lowest BCUT2D eigenvalue weighted by atomic mass is 10.1. The van der Waals surface area contributed by atoms with Gasteiger partial charge in [-0.05, 0) is 31.0 Å². The van der Waals surface area contributed by atoms with Crippen molar-refractivity contribution in [2.75, 3.05) is 25.1 Å². The standard InChI is InChI=1S/C23H34ClF3N2O4/c24-20-13-12-18(16-19(20)23(25,26)27)29-22(32)28-14-10-8-6-4-2-1-3-5-7-9-11-15-33-17-21(30)31/h12-13,16H,1-11,14-15,17H2,(H,30,31)(H2,28,29,32). The summed E-state index contributed by atoms with van der Waals surface area (Å²) in [5, 5.41) is 13.1. The third kappa shape index (κ3) is 14.7. The fourth-order valence-corrected chi connectivity index (χ4v) is 3.50. The number of nitrogens with one attached hydrogen (secondary N) is 2. The molecule has 1 aromatic carbocycles. The number of ether oxygens (including phenoxy) is 1. The summed E-state index contributed by atoms with van der Waals surface area (Å²) in [4.78, 5) is 22.1. The Bertz CT molecular complexity index is 717. The van der Waals surface area contributed by atoms with Crippen molar-refractivity contribution in [1.82, 2.24) is 5.32 Å². The zero-order valence-corrected chi connectivity index (χ0v) is 19.6. The smallest absolute Gasteiger partial charge is 0.417 e. The molecule has 2 amide bonds. The van der Waals surface area contributed by atoms with Gasteiger partial charge in [0.05, 0.1) is 10.6 Å².